The van der Waals surface area contributed by atoms with Gasteiger partial charge in [-0.15, -0.1) is 0 Å². The van der Waals surface area contributed by atoms with Crippen LogP contribution in [0.3, 0.4) is 0 Å². The fraction of sp³-hybridized carbons (Fsp3) is 0.538. The second kappa shape index (κ2) is 4.42. The van der Waals surface area contributed by atoms with Gasteiger partial charge >= 0.3 is 0 Å². The summed E-state index contributed by atoms with van der Waals surface area (Å²) >= 11 is 0. The number of hydrogen-bond donors (Lipinski definition) is 1. The van der Waals surface area contributed by atoms with Crippen LogP contribution in [-0.4, -0.2) is 11.2 Å². The molecule has 0 heterocycles. The zero-order chi connectivity index (χ0) is 12.5. The molecule has 0 radical (unpaired) electrons. The van der Waals surface area contributed by atoms with Gasteiger partial charge in [0.15, 0.2) is 11.6 Å². The molecule has 0 spiro atoms. The molecule has 0 aliphatic rings. The predicted octanol–water partition coefficient (Wildman–Crippen LogP) is 3.15. The molecule has 1 rings (SSSR count). The van der Waals surface area contributed by atoms with Gasteiger partial charge in [0.1, 0.15) is 0 Å². The molecular weight excluding hydrogens is 207 g/mol. The molecule has 0 saturated heterocycles. The summed E-state index contributed by atoms with van der Waals surface area (Å²) in [5.74, 6) is -0.279. The maximum atomic E-state index is 14.0. The number of aliphatic hydroxyl groups is 1. The second-order valence-corrected chi connectivity index (χ2v) is 4.85. The van der Waals surface area contributed by atoms with E-state index >= 15 is 0 Å². The van der Waals surface area contributed by atoms with Crippen molar-refractivity contribution in [2.45, 2.75) is 46.3 Å². The Kier molecular flexibility index (Phi) is 3.58. The Morgan fingerprint density at radius 1 is 1.31 bits per heavy atom. The van der Waals surface area contributed by atoms with E-state index in [0.717, 1.165) is 5.56 Å². The van der Waals surface area contributed by atoms with Crippen LogP contribution in [0, 0.1) is 12.7 Å². The first-order chi connectivity index (χ1) is 7.21. The summed E-state index contributed by atoms with van der Waals surface area (Å²) in [4.78, 5) is 0. The number of halogens is 1. The lowest BCUT2D eigenvalue weighted by molar-refractivity contribution is 0.0732. The molecule has 0 aliphatic carbocycles. The van der Waals surface area contributed by atoms with Crippen molar-refractivity contribution in [1.82, 2.24) is 0 Å². The summed E-state index contributed by atoms with van der Waals surface area (Å²) in [5.41, 5.74) is -0.0668. The minimum Gasteiger partial charge on any atom is -0.488 e. The molecule has 0 atom stereocenters. The zero-order valence-corrected chi connectivity index (χ0v) is 10.5. The van der Waals surface area contributed by atoms with Crippen LogP contribution in [0.1, 0.15) is 38.8 Å². The molecule has 0 fully saturated rings. The van der Waals surface area contributed by atoms with Crippen LogP contribution in [0.4, 0.5) is 4.39 Å². The van der Waals surface area contributed by atoms with Gasteiger partial charge in [0, 0.05) is 5.56 Å². The molecular formula is C13H19FO2. The van der Waals surface area contributed by atoms with Crippen LogP contribution < -0.4 is 4.74 Å². The van der Waals surface area contributed by atoms with Crippen molar-refractivity contribution in [3.63, 3.8) is 0 Å². The first-order valence-corrected chi connectivity index (χ1v) is 5.41. The summed E-state index contributed by atoms with van der Waals surface area (Å²) in [6.07, 6.45) is -0.0917. The summed E-state index contributed by atoms with van der Waals surface area (Å²) in [7, 11) is 0. The number of aryl methyl sites for hydroxylation is 1. The molecule has 1 N–H and O–H groups in total. The van der Waals surface area contributed by atoms with E-state index in [-0.39, 0.29) is 17.4 Å². The van der Waals surface area contributed by atoms with E-state index in [1.807, 2.05) is 20.8 Å². The number of ether oxygens (including phenoxy) is 1. The van der Waals surface area contributed by atoms with Crippen LogP contribution in [0.5, 0.6) is 5.75 Å². The number of hydrogen-bond acceptors (Lipinski definition) is 2. The average Bonchev–Trinajstić information content (AvgIpc) is 2.07. The topological polar surface area (TPSA) is 29.5 Å². The highest BCUT2D eigenvalue weighted by molar-refractivity contribution is 5.38. The second-order valence-electron chi connectivity index (χ2n) is 4.85. The van der Waals surface area contributed by atoms with E-state index in [0.29, 0.717) is 0 Å². The molecule has 0 aliphatic heterocycles. The van der Waals surface area contributed by atoms with Gasteiger partial charge < -0.3 is 9.84 Å². The predicted molar refractivity (Wildman–Crippen MR) is 62.1 cm³/mol. The van der Waals surface area contributed by atoms with Crippen molar-refractivity contribution in [2.75, 3.05) is 0 Å². The Morgan fingerprint density at radius 3 is 2.31 bits per heavy atom. The summed E-state index contributed by atoms with van der Waals surface area (Å²) in [6.45, 7) is 8.65. The fourth-order valence-corrected chi connectivity index (χ4v) is 1.52. The van der Waals surface area contributed by atoms with Gasteiger partial charge in [0.05, 0.1) is 11.7 Å². The molecule has 16 heavy (non-hydrogen) atoms. The molecule has 2 nitrogen and oxygen atoms in total. The number of benzene rings is 1. The Morgan fingerprint density at radius 2 is 1.88 bits per heavy atom. The van der Waals surface area contributed by atoms with E-state index in [1.54, 1.807) is 26.0 Å². The van der Waals surface area contributed by atoms with Gasteiger partial charge in [0.2, 0.25) is 0 Å². The van der Waals surface area contributed by atoms with E-state index in [1.165, 1.54) is 0 Å². The van der Waals surface area contributed by atoms with Crippen LogP contribution in [0.15, 0.2) is 12.1 Å². The summed E-state index contributed by atoms with van der Waals surface area (Å²) in [6, 6.07) is 3.28. The molecule has 1 aromatic rings. The highest BCUT2D eigenvalue weighted by Gasteiger charge is 2.24. The van der Waals surface area contributed by atoms with Crippen molar-refractivity contribution in [3.05, 3.63) is 29.1 Å². The first-order valence-electron chi connectivity index (χ1n) is 5.41. The Labute approximate surface area is 96.1 Å². The van der Waals surface area contributed by atoms with E-state index < -0.39 is 11.4 Å². The quantitative estimate of drug-likeness (QED) is 0.858. The van der Waals surface area contributed by atoms with Gasteiger partial charge in [-0.05, 0) is 46.2 Å². The van der Waals surface area contributed by atoms with Crippen LogP contribution in [-0.2, 0) is 5.60 Å². The lowest BCUT2D eigenvalue weighted by atomic mass is 9.95. The molecule has 0 bridgehead atoms. The van der Waals surface area contributed by atoms with Crippen LogP contribution >= 0.6 is 0 Å². The first kappa shape index (κ1) is 13.0. The third-order valence-corrected chi connectivity index (χ3v) is 2.21. The van der Waals surface area contributed by atoms with E-state index in [2.05, 4.69) is 0 Å². The Bertz CT molecular complexity index is 378. The Hall–Kier alpha value is -1.09. The van der Waals surface area contributed by atoms with Crippen molar-refractivity contribution >= 4 is 0 Å². The lowest BCUT2D eigenvalue weighted by Gasteiger charge is -2.21. The SMILES string of the molecule is Cc1cc(OC(C)C)c(F)c(C(C)(C)O)c1. The minimum absolute atomic E-state index is 0.0917. The van der Waals surface area contributed by atoms with Gasteiger partial charge in [-0.25, -0.2) is 4.39 Å². The van der Waals surface area contributed by atoms with Crippen LogP contribution in [0.2, 0.25) is 0 Å². The highest BCUT2D eigenvalue weighted by atomic mass is 19.1. The summed E-state index contributed by atoms with van der Waals surface area (Å²) in [5, 5.41) is 9.86. The lowest BCUT2D eigenvalue weighted by Crippen LogP contribution is -2.19. The third-order valence-electron chi connectivity index (χ3n) is 2.21. The van der Waals surface area contributed by atoms with Crippen molar-refractivity contribution in [2.24, 2.45) is 0 Å². The van der Waals surface area contributed by atoms with Gasteiger partial charge in [-0.2, -0.15) is 0 Å². The minimum atomic E-state index is -1.20. The van der Waals surface area contributed by atoms with Crippen molar-refractivity contribution < 1.29 is 14.2 Å². The van der Waals surface area contributed by atoms with Gasteiger partial charge in [-0.3, -0.25) is 0 Å². The molecule has 0 unspecified atom stereocenters. The number of rotatable bonds is 3. The zero-order valence-electron chi connectivity index (χ0n) is 10.5. The van der Waals surface area contributed by atoms with E-state index in [9.17, 15) is 9.50 Å². The van der Waals surface area contributed by atoms with Gasteiger partial charge in [0.25, 0.3) is 0 Å². The monoisotopic (exact) mass is 226 g/mol. The van der Waals surface area contributed by atoms with Gasteiger partial charge in [-0.1, -0.05) is 6.07 Å². The molecule has 1 aromatic carbocycles. The largest absolute Gasteiger partial charge is 0.488 e. The van der Waals surface area contributed by atoms with Crippen molar-refractivity contribution in [1.29, 1.82) is 0 Å². The molecule has 90 valence electrons. The average molecular weight is 226 g/mol. The highest BCUT2D eigenvalue weighted by Crippen LogP contribution is 2.30. The maximum absolute atomic E-state index is 14.0. The molecule has 0 saturated carbocycles. The summed E-state index contributed by atoms with van der Waals surface area (Å²) < 4.78 is 19.4. The van der Waals surface area contributed by atoms with Crippen LogP contribution in [0.25, 0.3) is 0 Å². The van der Waals surface area contributed by atoms with Crippen molar-refractivity contribution in [3.8, 4) is 5.75 Å². The van der Waals surface area contributed by atoms with E-state index in [4.69, 9.17) is 4.74 Å². The normalized spacial score (nSPS) is 12.0. The molecule has 0 aromatic heterocycles. The smallest absolute Gasteiger partial charge is 0.171 e. The molecule has 0 amide bonds. The fourth-order valence-electron chi connectivity index (χ4n) is 1.52. The third kappa shape index (κ3) is 2.95. The molecule has 3 heteroatoms. The Balaban J connectivity index is 3.26. The maximum Gasteiger partial charge on any atom is 0.171 e. The standard InChI is InChI=1S/C13H19FO2/c1-8(2)16-11-7-9(3)6-10(12(11)14)13(4,5)15/h6-8,15H,1-5H3.